The normalized spacial score (nSPS) is 5.79. The first-order valence-corrected chi connectivity index (χ1v) is 4.92. The molecule has 24 heavy (non-hydrogen) atoms. The smallest absolute Gasteiger partial charge is 0.481 e. The minimum atomic E-state index is -0.873. The molecule has 0 amide bonds. The van der Waals surface area contributed by atoms with Gasteiger partial charge >= 0.3 is 18.3 Å². The van der Waals surface area contributed by atoms with Crippen molar-refractivity contribution in [2.75, 3.05) is 27.8 Å². The third-order valence-corrected chi connectivity index (χ3v) is 0.617. The largest absolute Gasteiger partial charge is 0.510 e. The van der Waals surface area contributed by atoms with Crippen molar-refractivity contribution in [1.82, 2.24) is 0 Å². The summed E-state index contributed by atoms with van der Waals surface area (Å²) in [7, 11) is 2.16. The van der Waals surface area contributed by atoms with Crippen LogP contribution in [-0.4, -0.2) is 78.0 Å². The predicted molar refractivity (Wildman–Crippen MR) is 76.2 cm³/mol. The Labute approximate surface area is 138 Å². The van der Waals surface area contributed by atoms with Crippen molar-refractivity contribution in [3.8, 4) is 0 Å². The Balaban J connectivity index is -0.0000000313. The number of esters is 1. The maximum absolute atomic E-state index is 9.81. The monoisotopic (exact) mass is 366 g/mol. The summed E-state index contributed by atoms with van der Waals surface area (Å²) in [4.78, 5) is 44.7. The van der Waals surface area contributed by atoms with Gasteiger partial charge in [0.2, 0.25) is 0 Å². The molecule has 0 aliphatic heterocycles. The van der Waals surface area contributed by atoms with Crippen LogP contribution in [0.5, 0.6) is 0 Å². The molecule has 0 rings (SSSR count). The maximum atomic E-state index is 9.81. The van der Waals surface area contributed by atoms with Gasteiger partial charge in [0.1, 0.15) is 0 Å². The van der Waals surface area contributed by atoms with Gasteiger partial charge in [-0.2, -0.15) is 9.59 Å². The van der Waals surface area contributed by atoms with Gasteiger partial charge in [0.15, 0.2) is 13.6 Å². The molecule has 0 spiro atoms. The lowest BCUT2D eigenvalue weighted by atomic mass is 10.8. The van der Waals surface area contributed by atoms with Crippen molar-refractivity contribution in [2.45, 2.75) is 21.3 Å². The molecule has 6 N–H and O–H groups in total. The summed E-state index contributed by atoms with van der Waals surface area (Å²) in [5.41, 5.74) is 0. The minimum Gasteiger partial charge on any atom is -0.481 e. The highest BCUT2D eigenvalue weighted by molar-refractivity contribution is 5.65. The van der Waals surface area contributed by atoms with Crippen LogP contribution in [-0.2, 0) is 33.4 Å². The van der Waals surface area contributed by atoms with E-state index in [9.17, 15) is 9.59 Å². The molecule has 0 aliphatic carbocycles. The summed E-state index contributed by atoms with van der Waals surface area (Å²) < 4.78 is 11.8. The van der Waals surface area contributed by atoms with E-state index in [1.165, 1.54) is 6.92 Å². The van der Waals surface area contributed by atoms with Gasteiger partial charge in [-0.05, 0) is 0 Å². The molecule has 0 heterocycles. The topological polar surface area (TPSA) is 225 Å². The molecule has 0 atom stereocenters. The number of ether oxygens (including phenoxy) is 3. The number of methoxy groups -OCH3 is 1. The van der Waals surface area contributed by atoms with Crippen LogP contribution in [0.15, 0.2) is 0 Å². The van der Waals surface area contributed by atoms with E-state index >= 15 is 0 Å². The molecule has 0 saturated carbocycles. The fourth-order valence-electron chi connectivity index (χ4n) is 0.203. The molecule has 0 bridgehead atoms. The molecule has 0 saturated heterocycles. The second kappa shape index (κ2) is 49.9. The standard InChI is InChI=1S/C3H6O4.C3H6O3.C2H4O2.CO2.CH4O.CH4.H2O/c1-6-3(5)7-2-4;1-3(5)6-2-4;1-2(3)4;2-1-3;1-2;;/h4H,2H2,1H3;4H,2H2,1H3;1H3,(H,3,4);;2H,1H3;1H4;1H2. The molecular weight excluding hydrogens is 340 g/mol. The highest BCUT2D eigenvalue weighted by Crippen LogP contribution is 1.76. The number of carboxylic acid groups (broad SMARTS) is 1. The minimum absolute atomic E-state index is 0. The van der Waals surface area contributed by atoms with Crippen LogP contribution in [0.3, 0.4) is 0 Å². The van der Waals surface area contributed by atoms with Gasteiger partial charge < -0.3 is 40.1 Å². The van der Waals surface area contributed by atoms with Crippen molar-refractivity contribution in [1.29, 1.82) is 0 Å². The number of aliphatic hydroxyl groups excluding tert-OH is 3. The summed E-state index contributed by atoms with van der Waals surface area (Å²) >= 11 is 0. The first-order valence-electron chi connectivity index (χ1n) is 4.92. The van der Waals surface area contributed by atoms with E-state index in [0.29, 0.717) is 0 Å². The number of aliphatic hydroxyl groups is 3. The van der Waals surface area contributed by atoms with Gasteiger partial charge in [-0.3, -0.25) is 9.59 Å². The quantitative estimate of drug-likeness (QED) is 0.312. The molecular formula is C11H26O13. The number of hydrogen-bond acceptors (Lipinski definition) is 11. The van der Waals surface area contributed by atoms with E-state index in [2.05, 4.69) is 14.2 Å². The number of carbonyl (C=O) groups is 3. The lowest BCUT2D eigenvalue weighted by molar-refractivity contribution is -0.191. The molecule has 0 unspecified atom stereocenters. The molecule has 0 radical (unpaired) electrons. The van der Waals surface area contributed by atoms with Gasteiger partial charge in [-0.1, -0.05) is 7.43 Å². The average Bonchev–Trinajstić information content (AvgIpc) is 2.42. The van der Waals surface area contributed by atoms with Crippen molar-refractivity contribution >= 4 is 24.2 Å². The van der Waals surface area contributed by atoms with Crippen LogP contribution >= 0.6 is 0 Å². The Morgan fingerprint density at radius 2 is 1.21 bits per heavy atom. The Bertz CT molecular complexity index is 280. The van der Waals surface area contributed by atoms with E-state index in [0.717, 1.165) is 21.1 Å². The van der Waals surface area contributed by atoms with Crippen LogP contribution < -0.4 is 0 Å². The Kier molecular flexibility index (Phi) is 89.3. The molecule has 0 aliphatic rings. The lowest BCUT2D eigenvalue weighted by Gasteiger charge is -1.94. The van der Waals surface area contributed by atoms with Gasteiger partial charge in [-0.15, -0.1) is 0 Å². The summed E-state index contributed by atoms with van der Waals surface area (Å²) in [6, 6.07) is 0. The van der Waals surface area contributed by atoms with Crippen molar-refractivity contribution < 1.29 is 64.1 Å². The summed E-state index contributed by atoms with van der Waals surface area (Å²) in [6.45, 7) is 1.16. The van der Waals surface area contributed by atoms with E-state index in [1.54, 1.807) is 0 Å². The third-order valence-electron chi connectivity index (χ3n) is 0.617. The SMILES string of the molecule is C.CC(=O)O.CC(=O)OCO.CO.COC(=O)OCO.O.O=C=O. The van der Waals surface area contributed by atoms with Crippen molar-refractivity contribution in [3.63, 3.8) is 0 Å². The summed E-state index contributed by atoms with van der Waals surface area (Å²) in [5.74, 6) is -1.29. The Hall–Kier alpha value is -2.57. The van der Waals surface area contributed by atoms with Crippen molar-refractivity contribution in [2.24, 2.45) is 0 Å². The molecule has 0 aromatic heterocycles. The number of aliphatic carboxylic acids is 1. The first-order chi connectivity index (χ1) is 10.2. The zero-order valence-electron chi connectivity index (χ0n) is 13.0. The number of carbonyl (C=O) groups excluding carboxylic acids is 4. The fraction of sp³-hybridized carbons (Fsp3) is 0.636. The Morgan fingerprint density at radius 3 is 1.25 bits per heavy atom. The van der Waals surface area contributed by atoms with Crippen LogP contribution in [0.25, 0.3) is 0 Å². The Morgan fingerprint density at radius 1 is 0.958 bits per heavy atom. The van der Waals surface area contributed by atoms with Gasteiger partial charge in [-0.25, -0.2) is 4.79 Å². The molecule has 0 aromatic rings. The zero-order valence-corrected chi connectivity index (χ0v) is 13.0. The van der Waals surface area contributed by atoms with E-state index < -0.39 is 31.7 Å². The molecule has 0 fully saturated rings. The van der Waals surface area contributed by atoms with Crippen LogP contribution in [0.1, 0.15) is 21.3 Å². The van der Waals surface area contributed by atoms with Crippen molar-refractivity contribution in [3.05, 3.63) is 0 Å². The van der Waals surface area contributed by atoms with E-state index in [4.69, 9.17) is 34.8 Å². The lowest BCUT2D eigenvalue weighted by Crippen LogP contribution is -2.03. The molecule has 13 nitrogen and oxygen atoms in total. The average molecular weight is 366 g/mol. The number of rotatable bonds is 2. The van der Waals surface area contributed by atoms with Crippen LogP contribution in [0.4, 0.5) is 4.79 Å². The third kappa shape index (κ3) is 224. The van der Waals surface area contributed by atoms with Gasteiger partial charge in [0.05, 0.1) is 7.11 Å². The zero-order chi connectivity index (χ0) is 19.0. The van der Waals surface area contributed by atoms with Crippen LogP contribution in [0, 0.1) is 0 Å². The van der Waals surface area contributed by atoms with Gasteiger partial charge in [0.25, 0.3) is 5.97 Å². The summed E-state index contributed by atoms with van der Waals surface area (Å²) in [6.07, 6.45) is -0.623. The highest BCUT2D eigenvalue weighted by Gasteiger charge is 1.93. The second-order valence-corrected chi connectivity index (χ2v) is 2.09. The first kappa shape index (κ1) is 43.0. The summed E-state index contributed by atoms with van der Waals surface area (Å²) in [5, 5.41) is 30.1. The fourth-order valence-corrected chi connectivity index (χ4v) is 0.203. The molecule has 0 aromatic carbocycles. The number of hydrogen-bond donors (Lipinski definition) is 4. The van der Waals surface area contributed by atoms with E-state index in [1.807, 2.05) is 0 Å². The van der Waals surface area contributed by atoms with Gasteiger partial charge in [0, 0.05) is 21.0 Å². The molecule has 148 valence electrons. The maximum Gasteiger partial charge on any atom is 0.510 e. The van der Waals surface area contributed by atoms with E-state index in [-0.39, 0.29) is 19.1 Å². The number of carboxylic acids is 1. The second-order valence-electron chi connectivity index (χ2n) is 2.09. The van der Waals surface area contributed by atoms with Crippen LogP contribution in [0.2, 0.25) is 0 Å². The highest BCUT2D eigenvalue weighted by atomic mass is 16.8. The predicted octanol–water partition coefficient (Wildman–Crippen LogP) is -1.85. The molecule has 13 heteroatoms.